The summed E-state index contributed by atoms with van der Waals surface area (Å²) >= 11 is 0. The van der Waals surface area contributed by atoms with E-state index in [0.29, 0.717) is 12.5 Å². The molecule has 4 nitrogen and oxygen atoms in total. The van der Waals surface area contributed by atoms with Crippen molar-refractivity contribution < 1.29 is 26.8 Å². The summed E-state index contributed by atoms with van der Waals surface area (Å²) in [6.45, 7) is 23.9. The molecule has 1 unspecified atom stereocenters. The van der Waals surface area contributed by atoms with Crippen molar-refractivity contribution in [1.82, 2.24) is 0 Å². The average molecular weight is 479 g/mol. The molecule has 1 N–H and O–H groups in total. The van der Waals surface area contributed by atoms with E-state index in [1.54, 1.807) is 0 Å². The van der Waals surface area contributed by atoms with E-state index in [0.717, 1.165) is 45.7 Å². The summed E-state index contributed by atoms with van der Waals surface area (Å²) in [5, 5.41) is 21.4. The van der Waals surface area contributed by atoms with Crippen LogP contribution in [-0.4, -0.2) is 51.0 Å². The number of hydrogen-bond acceptors (Lipinski definition) is 1. The van der Waals surface area contributed by atoms with Crippen LogP contribution in [-0.2, 0) is 21.7 Å². The Morgan fingerprint density at radius 2 is 0.806 bits per heavy atom. The molecule has 0 bridgehead atoms. The van der Waals surface area contributed by atoms with Crippen molar-refractivity contribution in [2.75, 3.05) is 45.9 Å². The second-order valence-corrected chi connectivity index (χ2v) is 7.61. The van der Waals surface area contributed by atoms with Gasteiger partial charge in [0.2, 0.25) is 0 Å². The number of unbranched alkanes of at least 4 members (excludes halogenated alkanes) is 1. The zero-order chi connectivity index (χ0) is 23.7. The van der Waals surface area contributed by atoms with Crippen LogP contribution in [0.1, 0.15) is 120 Å². The van der Waals surface area contributed by atoms with Gasteiger partial charge >= 0.3 is 21.7 Å². The first-order valence-electron chi connectivity index (χ1n) is 13.1. The van der Waals surface area contributed by atoms with Gasteiger partial charge in [-0.2, -0.15) is 0 Å². The van der Waals surface area contributed by atoms with Crippen molar-refractivity contribution in [2.24, 2.45) is 5.92 Å². The van der Waals surface area contributed by atoms with Crippen LogP contribution in [0, 0.1) is 5.92 Å². The largest absolute Gasteiger partial charge is 3.00 e. The molecule has 0 aromatic heterocycles. The molecular weight excluding hydrogens is 418 g/mol. The van der Waals surface area contributed by atoms with Gasteiger partial charge in [0.25, 0.3) is 0 Å². The quantitative estimate of drug-likeness (QED) is 0.165. The van der Waals surface area contributed by atoms with Crippen LogP contribution in [0.15, 0.2) is 0 Å². The molecule has 1 atom stereocenters. The third-order valence-electron chi connectivity index (χ3n) is 4.09. The fourth-order valence-electron chi connectivity index (χ4n) is 2.20. The summed E-state index contributed by atoms with van der Waals surface area (Å²) in [4.78, 5) is 0. The molecule has 0 heterocycles. The van der Waals surface area contributed by atoms with E-state index in [4.69, 9.17) is 5.11 Å². The van der Waals surface area contributed by atoms with Crippen LogP contribution >= 0.6 is 0 Å². The summed E-state index contributed by atoms with van der Waals surface area (Å²) in [6.07, 6.45) is 12.0. The van der Waals surface area contributed by atoms with Crippen LogP contribution in [0.25, 0.3) is 16.0 Å². The van der Waals surface area contributed by atoms with Gasteiger partial charge in [0.15, 0.2) is 0 Å². The van der Waals surface area contributed by atoms with Crippen molar-refractivity contribution >= 4 is 0 Å². The predicted molar refractivity (Wildman–Crippen MR) is 141 cm³/mol. The van der Waals surface area contributed by atoms with E-state index in [-0.39, 0.29) is 21.7 Å². The van der Waals surface area contributed by atoms with Gasteiger partial charge in [-0.1, -0.05) is 113 Å². The maximum atomic E-state index is 8.75. The zero-order valence-electron chi connectivity index (χ0n) is 22.9. The van der Waals surface area contributed by atoms with E-state index >= 15 is 0 Å². The van der Waals surface area contributed by atoms with Gasteiger partial charge < -0.3 is 21.1 Å². The van der Waals surface area contributed by atoms with Gasteiger partial charge in [-0.25, -0.2) is 0 Å². The Bertz CT molecular complexity index is 195. The van der Waals surface area contributed by atoms with Crippen LogP contribution in [0.5, 0.6) is 0 Å². The Kier molecular flexibility index (Phi) is 64.8. The number of rotatable bonds is 17. The normalized spacial score (nSPS) is 10.4. The van der Waals surface area contributed by atoms with Crippen molar-refractivity contribution in [2.45, 2.75) is 120 Å². The molecule has 0 aliphatic carbocycles. The van der Waals surface area contributed by atoms with Crippen molar-refractivity contribution in [3.63, 3.8) is 0 Å². The Balaban J connectivity index is -0.0000000965. The molecule has 0 aromatic rings. The predicted octanol–water partition coefficient (Wildman–Crippen LogP) is 8.73. The van der Waals surface area contributed by atoms with E-state index < -0.39 is 0 Å². The Morgan fingerprint density at radius 3 is 0.968 bits per heavy atom. The van der Waals surface area contributed by atoms with Crippen LogP contribution in [0.2, 0.25) is 0 Å². The van der Waals surface area contributed by atoms with Gasteiger partial charge in [-0.15, -0.1) is 39.3 Å². The van der Waals surface area contributed by atoms with Crippen molar-refractivity contribution in [3.8, 4) is 0 Å². The summed E-state index contributed by atoms with van der Waals surface area (Å²) in [5.74, 6) is 0.560. The molecule has 0 saturated carbocycles. The van der Waals surface area contributed by atoms with Gasteiger partial charge in [-0.3, -0.25) is 0 Å². The fourth-order valence-corrected chi connectivity index (χ4v) is 2.20. The number of aliphatic hydroxyl groups excluding tert-OH is 1. The maximum Gasteiger partial charge on any atom is 3.00 e. The number of aliphatic hydroxyl groups is 1. The fraction of sp³-hybridized carbons (Fsp3) is 1.00. The molecule has 5 heteroatoms. The van der Waals surface area contributed by atoms with Gasteiger partial charge in [0.1, 0.15) is 0 Å². The molecule has 0 aromatic carbocycles. The monoisotopic (exact) mass is 478 g/mol. The number of hydrogen-bond donors (Lipinski definition) is 1. The molecule has 189 valence electrons. The Labute approximate surface area is 213 Å². The smallest absolute Gasteiger partial charge is 0.662 e. The van der Waals surface area contributed by atoms with E-state index in [1.807, 2.05) is 0 Å². The minimum Gasteiger partial charge on any atom is -0.662 e. The molecular formula is C26H60N3OTi. The molecule has 0 rings (SSSR count). The minimum atomic E-state index is 0. The van der Waals surface area contributed by atoms with Gasteiger partial charge in [0, 0.05) is 6.61 Å². The van der Waals surface area contributed by atoms with Crippen molar-refractivity contribution in [3.05, 3.63) is 16.0 Å². The van der Waals surface area contributed by atoms with E-state index in [1.165, 1.54) is 57.8 Å². The van der Waals surface area contributed by atoms with Crippen LogP contribution < -0.4 is 0 Å². The second kappa shape index (κ2) is 48.1. The maximum absolute atomic E-state index is 8.75. The first-order chi connectivity index (χ1) is 14.6. The summed E-state index contributed by atoms with van der Waals surface area (Å²) < 4.78 is 0. The second-order valence-electron chi connectivity index (χ2n) is 7.61. The first kappa shape index (κ1) is 41.8. The van der Waals surface area contributed by atoms with Gasteiger partial charge in [-0.05, 0) is 12.3 Å². The minimum absolute atomic E-state index is 0. The molecule has 31 heavy (non-hydrogen) atoms. The zero-order valence-corrected chi connectivity index (χ0v) is 24.4. The topological polar surface area (TPSA) is 62.5 Å². The summed E-state index contributed by atoms with van der Waals surface area (Å²) in [5.41, 5.74) is 0. The SMILES string of the molecule is CCCCC(CC)CO.CCC[N-]CCC.CCC[N-]CCC.CCC[N-]CCC.[Ti+3]. The molecule has 0 fully saturated rings. The molecule has 1 radical (unpaired) electrons. The Morgan fingerprint density at radius 1 is 0.516 bits per heavy atom. The standard InChI is InChI=1S/C8H18O.3C6H14N.Ti/c1-3-5-6-8(4-2)7-9;3*1-3-5-7-6-4-2;/h8-9H,3-7H2,1-2H3;3*3-6H2,1-2H3;/q;3*-1;+3. The Hall–Kier alpha value is 0.554. The molecule has 0 spiro atoms. The van der Waals surface area contributed by atoms with Crippen LogP contribution in [0.3, 0.4) is 0 Å². The van der Waals surface area contributed by atoms with E-state index in [2.05, 4.69) is 71.3 Å². The molecule has 0 saturated heterocycles. The molecule has 0 amide bonds. The molecule has 0 aliphatic heterocycles. The first-order valence-corrected chi connectivity index (χ1v) is 13.1. The van der Waals surface area contributed by atoms with Gasteiger partial charge in [0.05, 0.1) is 0 Å². The number of nitrogens with zero attached hydrogens (tertiary/aromatic N) is 3. The third-order valence-corrected chi connectivity index (χ3v) is 4.09. The average Bonchev–Trinajstić information content (AvgIpc) is 2.77. The summed E-state index contributed by atoms with van der Waals surface area (Å²) in [6, 6.07) is 0. The van der Waals surface area contributed by atoms with Crippen LogP contribution in [0.4, 0.5) is 0 Å². The van der Waals surface area contributed by atoms with E-state index in [9.17, 15) is 0 Å². The third kappa shape index (κ3) is 59.0. The summed E-state index contributed by atoms with van der Waals surface area (Å²) in [7, 11) is 0. The van der Waals surface area contributed by atoms with Crippen molar-refractivity contribution in [1.29, 1.82) is 0 Å². The molecule has 0 aliphatic rings.